The molecule has 2 aromatic rings. The largest absolute Gasteiger partial charge is 0.340 e. The monoisotopic (exact) mass is 399 g/mol. The highest BCUT2D eigenvalue weighted by Gasteiger charge is 2.19. The SMILES string of the molecule is Cc1nc(CCNS(=O)(=O)c2ccc(S(=O)(=O)N[C@@H](C)C#N)cc2)no1. The van der Waals surface area contributed by atoms with Crippen LogP contribution in [0.1, 0.15) is 18.6 Å². The maximum atomic E-state index is 12.2. The lowest BCUT2D eigenvalue weighted by molar-refractivity contribution is 0.387. The second-order valence-corrected chi connectivity index (χ2v) is 8.80. The fourth-order valence-corrected chi connectivity index (χ4v) is 4.13. The average Bonchev–Trinajstić information content (AvgIpc) is 2.99. The lowest BCUT2D eigenvalue weighted by atomic mass is 10.4. The van der Waals surface area contributed by atoms with E-state index >= 15 is 0 Å². The van der Waals surface area contributed by atoms with Crippen LogP contribution in [-0.2, 0) is 26.5 Å². The first-order chi connectivity index (χ1) is 12.1. The van der Waals surface area contributed by atoms with E-state index in [2.05, 4.69) is 19.6 Å². The van der Waals surface area contributed by atoms with Crippen molar-refractivity contribution in [1.29, 1.82) is 5.26 Å². The zero-order chi connectivity index (χ0) is 19.4. The minimum atomic E-state index is -3.90. The molecule has 0 radical (unpaired) electrons. The third kappa shape index (κ3) is 5.09. The van der Waals surface area contributed by atoms with Gasteiger partial charge in [0.05, 0.1) is 15.9 Å². The number of hydrogen-bond donors (Lipinski definition) is 2. The van der Waals surface area contributed by atoms with Crippen LogP contribution in [0.3, 0.4) is 0 Å². The van der Waals surface area contributed by atoms with Gasteiger partial charge in [0.2, 0.25) is 25.9 Å². The Morgan fingerprint density at radius 1 is 1.15 bits per heavy atom. The van der Waals surface area contributed by atoms with E-state index in [9.17, 15) is 16.8 Å². The maximum Gasteiger partial charge on any atom is 0.241 e. The number of nitrogens with zero attached hydrogens (tertiary/aromatic N) is 3. The van der Waals surface area contributed by atoms with E-state index in [-0.39, 0.29) is 22.8 Å². The van der Waals surface area contributed by atoms with E-state index in [0.29, 0.717) is 11.7 Å². The zero-order valence-corrected chi connectivity index (χ0v) is 15.6. The lowest BCUT2D eigenvalue weighted by Crippen LogP contribution is -2.31. The predicted molar refractivity (Wildman–Crippen MR) is 89.8 cm³/mol. The highest BCUT2D eigenvalue weighted by molar-refractivity contribution is 7.90. The smallest absolute Gasteiger partial charge is 0.241 e. The summed E-state index contributed by atoms with van der Waals surface area (Å²) in [5.74, 6) is 0.767. The molecule has 1 atom stereocenters. The molecule has 0 saturated carbocycles. The maximum absolute atomic E-state index is 12.2. The summed E-state index contributed by atoms with van der Waals surface area (Å²) in [6.07, 6.45) is 0.249. The van der Waals surface area contributed by atoms with Crippen LogP contribution in [0.5, 0.6) is 0 Å². The van der Waals surface area contributed by atoms with Crippen molar-refractivity contribution in [3.8, 4) is 6.07 Å². The van der Waals surface area contributed by atoms with Gasteiger partial charge in [-0.1, -0.05) is 5.16 Å². The van der Waals surface area contributed by atoms with Crippen molar-refractivity contribution < 1.29 is 21.4 Å². The van der Waals surface area contributed by atoms with Gasteiger partial charge in [-0.05, 0) is 31.2 Å². The Kier molecular flexibility index (Phi) is 6.09. The summed E-state index contributed by atoms with van der Waals surface area (Å²) in [7, 11) is -7.72. The van der Waals surface area contributed by atoms with Crippen molar-refractivity contribution in [2.45, 2.75) is 36.1 Å². The third-order valence-corrected chi connectivity index (χ3v) is 6.21. The fraction of sp³-hybridized carbons (Fsp3) is 0.357. The first kappa shape index (κ1) is 20.0. The molecule has 2 rings (SSSR count). The van der Waals surface area contributed by atoms with Crippen LogP contribution in [0.15, 0.2) is 38.6 Å². The predicted octanol–water partition coefficient (Wildman–Crippen LogP) is 0.0894. The molecule has 12 heteroatoms. The number of nitriles is 1. The van der Waals surface area contributed by atoms with Crippen molar-refractivity contribution in [2.75, 3.05) is 6.54 Å². The van der Waals surface area contributed by atoms with Gasteiger partial charge in [-0.15, -0.1) is 0 Å². The van der Waals surface area contributed by atoms with Gasteiger partial charge in [0.25, 0.3) is 0 Å². The standard InChI is InChI=1S/C14H17N5O5S2/c1-10(9-15)19-26(22,23)13-5-3-12(4-6-13)25(20,21)16-8-7-14-17-11(2)24-18-14/h3-6,10,16,19H,7-8H2,1-2H3/t10-/m0/s1. The van der Waals surface area contributed by atoms with Crippen LogP contribution >= 0.6 is 0 Å². The minimum Gasteiger partial charge on any atom is -0.340 e. The molecule has 140 valence electrons. The summed E-state index contributed by atoms with van der Waals surface area (Å²) in [6, 6.07) is 5.51. The second-order valence-electron chi connectivity index (χ2n) is 5.32. The van der Waals surface area contributed by atoms with Gasteiger partial charge in [0, 0.05) is 19.9 Å². The van der Waals surface area contributed by atoms with Gasteiger partial charge >= 0.3 is 0 Å². The molecule has 1 aromatic heterocycles. The Morgan fingerprint density at radius 3 is 2.23 bits per heavy atom. The quantitative estimate of drug-likeness (QED) is 0.632. The third-order valence-electron chi connectivity index (χ3n) is 3.18. The molecular formula is C14H17N5O5S2. The van der Waals surface area contributed by atoms with Gasteiger partial charge in [0.15, 0.2) is 5.82 Å². The highest BCUT2D eigenvalue weighted by atomic mass is 32.2. The summed E-state index contributed by atoms with van der Waals surface area (Å²) in [5.41, 5.74) is 0. The van der Waals surface area contributed by atoms with E-state index < -0.39 is 26.1 Å². The molecule has 1 heterocycles. The topological polar surface area (TPSA) is 155 Å². The number of aromatic nitrogens is 2. The van der Waals surface area contributed by atoms with Gasteiger partial charge in [0.1, 0.15) is 6.04 Å². The summed E-state index contributed by atoms with van der Waals surface area (Å²) in [4.78, 5) is 3.74. The number of hydrogen-bond acceptors (Lipinski definition) is 8. The molecule has 0 aliphatic carbocycles. The van der Waals surface area contributed by atoms with Gasteiger partial charge < -0.3 is 4.52 Å². The second kappa shape index (κ2) is 7.92. The van der Waals surface area contributed by atoms with Crippen molar-refractivity contribution in [1.82, 2.24) is 19.6 Å². The van der Waals surface area contributed by atoms with Crippen LogP contribution in [0, 0.1) is 18.3 Å². The molecule has 0 aliphatic rings. The first-order valence-electron chi connectivity index (χ1n) is 7.45. The molecule has 0 fully saturated rings. The molecule has 0 saturated heterocycles. The average molecular weight is 399 g/mol. The molecule has 26 heavy (non-hydrogen) atoms. The lowest BCUT2D eigenvalue weighted by Gasteiger charge is -2.09. The zero-order valence-electron chi connectivity index (χ0n) is 14.0. The van der Waals surface area contributed by atoms with Gasteiger partial charge in [-0.25, -0.2) is 21.6 Å². The van der Waals surface area contributed by atoms with Crippen LogP contribution in [-0.4, -0.2) is 39.6 Å². The number of nitrogens with one attached hydrogen (secondary N) is 2. The molecule has 0 unspecified atom stereocenters. The Labute approximate surface area is 151 Å². The summed E-state index contributed by atoms with van der Waals surface area (Å²) >= 11 is 0. The van der Waals surface area contributed by atoms with Gasteiger partial charge in [-0.3, -0.25) is 0 Å². The normalized spacial score (nSPS) is 13.3. The van der Waals surface area contributed by atoms with E-state index in [0.717, 1.165) is 12.1 Å². The van der Waals surface area contributed by atoms with E-state index in [1.54, 1.807) is 13.0 Å². The molecule has 1 aromatic carbocycles. The number of benzene rings is 1. The number of sulfonamides is 2. The van der Waals surface area contributed by atoms with Crippen molar-refractivity contribution in [3.63, 3.8) is 0 Å². The van der Waals surface area contributed by atoms with Gasteiger partial charge in [-0.2, -0.15) is 15.0 Å². The molecular weight excluding hydrogens is 382 g/mol. The Balaban J connectivity index is 2.05. The van der Waals surface area contributed by atoms with Crippen LogP contribution in [0.4, 0.5) is 0 Å². The van der Waals surface area contributed by atoms with Crippen molar-refractivity contribution in [2.24, 2.45) is 0 Å². The number of rotatable bonds is 8. The van der Waals surface area contributed by atoms with E-state index in [4.69, 9.17) is 9.78 Å². The molecule has 0 bridgehead atoms. The molecule has 10 nitrogen and oxygen atoms in total. The molecule has 0 spiro atoms. The van der Waals surface area contributed by atoms with Crippen molar-refractivity contribution >= 4 is 20.0 Å². The Hall–Kier alpha value is -2.33. The molecule has 0 aliphatic heterocycles. The number of aryl methyl sites for hydroxylation is 1. The summed E-state index contributed by atoms with van der Waals surface area (Å²) in [6.45, 7) is 3.08. The summed E-state index contributed by atoms with van der Waals surface area (Å²) < 4.78 is 57.9. The van der Waals surface area contributed by atoms with E-state index in [1.807, 2.05) is 0 Å². The van der Waals surface area contributed by atoms with Crippen LogP contribution in [0.25, 0.3) is 0 Å². The fourth-order valence-electron chi connectivity index (χ4n) is 1.95. The minimum absolute atomic E-state index is 0.0581. The molecule has 0 amide bonds. The Morgan fingerprint density at radius 2 is 1.73 bits per heavy atom. The molecule has 2 N–H and O–H groups in total. The highest BCUT2D eigenvalue weighted by Crippen LogP contribution is 2.14. The Bertz CT molecular complexity index is 1010. The van der Waals surface area contributed by atoms with Crippen LogP contribution in [0.2, 0.25) is 0 Å². The van der Waals surface area contributed by atoms with Crippen molar-refractivity contribution in [3.05, 3.63) is 36.0 Å². The van der Waals surface area contributed by atoms with E-state index in [1.165, 1.54) is 19.1 Å². The van der Waals surface area contributed by atoms with Crippen LogP contribution < -0.4 is 9.44 Å². The summed E-state index contributed by atoms with van der Waals surface area (Å²) in [5, 5.41) is 12.3. The first-order valence-corrected chi connectivity index (χ1v) is 10.4.